The number of amides is 1. The van der Waals surface area contributed by atoms with Crippen LogP contribution in [0.4, 0.5) is 0 Å². The van der Waals surface area contributed by atoms with Crippen LogP contribution in [-0.4, -0.2) is 25.0 Å². The van der Waals surface area contributed by atoms with Gasteiger partial charge in [-0.1, -0.05) is 6.08 Å². The number of hydrogen-bond acceptors (Lipinski definition) is 4. The SMILES string of the molecule is C=CCC[C@H](NC(=O)c1ccc(C#N)cc1)C(=O)OC. The summed E-state index contributed by atoms with van der Waals surface area (Å²) in [4.78, 5) is 23.6. The molecule has 1 aromatic carbocycles. The lowest BCUT2D eigenvalue weighted by Crippen LogP contribution is -2.41. The second-order valence-corrected chi connectivity index (χ2v) is 4.10. The molecular weight excluding hydrogens is 256 g/mol. The van der Waals surface area contributed by atoms with Crippen LogP contribution in [0, 0.1) is 11.3 Å². The van der Waals surface area contributed by atoms with Crippen LogP contribution < -0.4 is 5.32 Å². The van der Waals surface area contributed by atoms with Crippen LogP contribution in [0.25, 0.3) is 0 Å². The van der Waals surface area contributed by atoms with Crippen LogP contribution >= 0.6 is 0 Å². The Kier molecular flexibility index (Phi) is 5.98. The lowest BCUT2D eigenvalue weighted by Gasteiger charge is -2.15. The maximum atomic E-state index is 12.0. The topological polar surface area (TPSA) is 79.2 Å². The summed E-state index contributed by atoms with van der Waals surface area (Å²) in [7, 11) is 1.27. The van der Waals surface area contributed by atoms with E-state index in [2.05, 4.69) is 16.6 Å². The first kappa shape index (κ1) is 15.4. The lowest BCUT2D eigenvalue weighted by atomic mass is 10.1. The van der Waals surface area contributed by atoms with E-state index < -0.39 is 12.0 Å². The Morgan fingerprint density at radius 2 is 2.10 bits per heavy atom. The number of nitriles is 1. The van der Waals surface area contributed by atoms with E-state index in [9.17, 15) is 9.59 Å². The van der Waals surface area contributed by atoms with E-state index in [0.717, 1.165) is 0 Å². The number of benzene rings is 1. The predicted molar refractivity (Wildman–Crippen MR) is 73.9 cm³/mol. The van der Waals surface area contributed by atoms with Crippen molar-refractivity contribution >= 4 is 11.9 Å². The van der Waals surface area contributed by atoms with E-state index in [-0.39, 0.29) is 5.91 Å². The monoisotopic (exact) mass is 272 g/mol. The number of rotatable bonds is 6. The zero-order valence-electron chi connectivity index (χ0n) is 11.3. The number of ether oxygens (including phenoxy) is 1. The number of hydrogen-bond donors (Lipinski definition) is 1. The molecule has 0 radical (unpaired) electrons. The second kappa shape index (κ2) is 7.74. The summed E-state index contributed by atoms with van der Waals surface area (Å²) >= 11 is 0. The van der Waals surface area contributed by atoms with Gasteiger partial charge in [0.25, 0.3) is 5.91 Å². The minimum absolute atomic E-state index is 0.381. The third-order valence-electron chi connectivity index (χ3n) is 2.73. The molecule has 0 bridgehead atoms. The molecule has 1 amide bonds. The number of nitrogens with zero attached hydrogens (tertiary/aromatic N) is 1. The van der Waals surface area contributed by atoms with Gasteiger partial charge in [0.1, 0.15) is 6.04 Å². The molecule has 5 nitrogen and oxygen atoms in total. The van der Waals surface area contributed by atoms with Gasteiger partial charge in [0.2, 0.25) is 0 Å². The van der Waals surface area contributed by atoms with Crippen molar-refractivity contribution < 1.29 is 14.3 Å². The van der Waals surface area contributed by atoms with Crippen LogP contribution in [0.1, 0.15) is 28.8 Å². The molecule has 1 atom stereocenters. The molecule has 0 aromatic heterocycles. The first-order valence-corrected chi connectivity index (χ1v) is 6.12. The summed E-state index contributed by atoms with van der Waals surface area (Å²) < 4.78 is 4.65. The van der Waals surface area contributed by atoms with Crippen molar-refractivity contribution in [3.63, 3.8) is 0 Å². The normalized spacial score (nSPS) is 11.0. The molecule has 104 valence electrons. The summed E-state index contributed by atoms with van der Waals surface area (Å²) in [6.45, 7) is 3.58. The number of esters is 1. The molecule has 20 heavy (non-hydrogen) atoms. The van der Waals surface area contributed by atoms with Gasteiger partial charge in [-0.05, 0) is 37.1 Å². The van der Waals surface area contributed by atoms with Crippen LogP contribution in [-0.2, 0) is 9.53 Å². The maximum Gasteiger partial charge on any atom is 0.328 e. The predicted octanol–water partition coefficient (Wildman–Crippen LogP) is 1.80. The number of carbonyl (C=O) groups excluding carboxylic acids is 2. The molecule has 0 aliphatic rings. The standard InChI is InChI=1S/C15H16N2O3/c1-3-4-5-13(15(19)20-2)17-14(18)12-8-6-11(10-16)7-9-12/h3,6-9,13H,1,4-5H2,2H3,(H,17,18)/t13-/m0/s1. The molecule has 1 N–H and O–H groups in total. The molecular formula is C15H16N2O3. The first-order valence-electron chi connectivity index (χ1n) is 6.12. The molecule has 0 aliphatic heterocycles. The van der Waals surface area contributed by atoms with Gasteiger partial charge in [0, 0.05) is 5.56 Å². The fourth-order valence-electron chi connectivity index (χ4n) is 1.61. The Bertz CT molecular complexity index is 529. The van der Waals surface area contributed by atoms with Crippen molar-refractivity contribution in [2.75, 3.05) is 7.11 Å². The molecule has 0 aliphatic carbocycles. The van der Waals surface area contributed by atoms with Gasteiger partial charge < -0.3 is 10.1 Å². The van der Waals surface area contributed by atoms with Crippen LogP contribution in [0.3, 0.4) is 0 Å². The van der Waals surface area contributed by atoms with Crippen molar-refractivity contribution in [1.82, 2.24) is 5.32 Å². The van der Waals surface area contributed by atoms with E-state index >= 15 is 0 Å². The Balaban J connectivity index is 2.76. The maximum absolute atomic E-state index is 12.0. The largest absolute Gasteiger partial charge is 0.467 e. The number of carbonyl (C=O) groups is 2. The fraction of sp³-hybridized carbons (Fsp3) is 0.267. The van der Waals surface area contributed by atoms with Gasteiger partial charge in [-0.15, -0.1) is 6.58 Å². The molecule has 0 saturated heterocycles. The Hall–Kier alpha value is -2.61. The zero-order chi connectivity index (χ0) is 15.0. The highest BCUT2D eigenvalue weighted by Gasteiger charge is 2.21. The van der Waals surface area contributed by atoms with Crippen molar-refractivity contribution in [3.05, 3.63) is 48.0 Å². The first-order chi connectivity index (χ1) is 9.62. The fourth-order valence-corrected chi connectivity index (χ4v) is 1.61. The van der Waals surface area contributed by atoms with E-state index in [1.165, 1.54) is 19.2 Å². The third-order valence-corrected chi connectivity index (χ3v) is 2.73. The van der Waals surface area contributed by atoms with Crippen molar-refractivity contribution in [1.29, 1.82) is 5.26 Å². The van der Waals surface area contributed by atoms with Gasteiger partial charge in [0.15, 0.2) is 0 Å². The van der Waals surface area contributed by atoms with Crippen LogP contribution in [0.2, 0.25) is 0 Å². The van der Waals surface area contributed by atoms with Crippen LogP contribution in [0.5, 0.6) is 0 Å². The Labute approximate surface area is 117 Å². The van der Waals surface area contributed by atoms with Gasteiger partial charge >= 0.3 is 5.97 Å². The molecule has 0 saturated carbocycles. The number of allylic oxidation sites excluding steroid dienone is 1. The van der Waals surface area contributed by atoms with Crippen LogP contribution in [0.15, 0.2) is 36.9 Å². The molecule has 0 spiro atoms. The Morgan fingerprint density at radius 3 is 2.60 bits per heavy atom. The molecule has 0 unspecified atom stereocenters. The Morgan fingerprint density at radius 1 is 1.45 bits per heavy atom. The number of methoxy groups -OCH3 is 1. The van der Waals surface area contributed by atoms with Gasteiger partial charge in [-0.3, -0.25) is 4.79 Å². The summed E-state index contributed by atoms with van der Waals surface area (Å²) in [5.74, 6) is -0.872. The zero-order valence-corrected chi connectivity index (χ0v) is 11.3. The van der Waals surface area contributed by atoms with E-state index in [1.54, 1.807) is 18.2 Å². The second-order valence-electron chi connectivity index (χ2n) is 4.10. The number of nitrogens with one attached hydrogen (secondary N) is 1. The highest BCUT2D eigenvalue weighted by Crippen LogP contribution is 2.06. The summed E-state index contributed by atoms with van der Waals surface area (Å²) in [6, 6.07) is 7.43. The van der Waals surface area contributed by atoms with E-state index in [1.807, 2.05) is 6.07 Å². The minimum atomic E-state index is -0.707. The van der Waals surface area contributed by atoms with Gasteiger partial charge in [-0.25, -0.2) is 4.79 Å². The van der Waals surface area contributed by atoms with Crippen molar-refractivity contribution in [2.24, 2.45) is 0 Å². The molecule has 1 aromatic rings. The van der Waals surface area contributed by atoms with Gasteiger partial charge in [0.05, 0.1) is 18.7 Å². The van der Waals surface area contributed by atoms with E-state index in [4.69, 9.17) is 5.26 Å². The summed E-state index contributed by atoms with van der Waals surface area (Å²) in [6.07, 6.45) is 2.69. The van der Waals surface area contributed by atoms with Crippen molar-refractivity contribution in [2.45, 2.75) is 18.9 Å². The lowest BCUT2D eigenvalue weighted by molar-refractivity contribution is -0.143. The highest BCUT2D eigenvalue weighted by atomic mass is 16.5. The minimum Gasteiger partial charge on any atom is -0.467 e. The molecule has 0 fully saturated rings. The third kappa shape index (κ3) is 4.25. The average Bonchev–Trinajstić information content (AvgIpc) is 2.50. The summed E-state index contributed by atoms with van der Waals surface area (Å²) in [5.41, 5.74) is 0.856. The molecule has 0 heterocycles. The quantitative estimate of drug-likeness (QED) is 0.632. The molecule has 1 rings (SSSR count). The highest BCUT2D eigenvalue weighted by molar-refractivity contribution is 5.96. The van der Waals surface area contributed by atoms with Crippen molar-refractivity contribution in [3.8, 4) is 6.07 Å². The van der Waals surface area contributed by atoms with E-state index in [0.29, 0.717) is 24.0 Å². The summed E-state index contributed by atoms with van der Waals surface area (Å²) in [5, 5.41) is 11.3. The van der Waals surface area contributed by atoms with Gasteiger partial charge in [-0.2, -0.15) is 5.26 Å². The smallest absolute Gasteiger partial charge is 0.328 e. The average molecular weight is 272 g/mol. The molecule has 5 heteroatoms.